The number of nitrogens with zero attached hydrogens (tertiary/aromatic N) is 1. The highest BCUT2D eigenvalue weighted by atomic mass is 16.7. The smallest absolute Gasteiger partial charge is 0.400 e. The SMILES string of the molecule is CC1(C)OB(/C=C/c2ncccc2[C@@H]2CN2)OC1(C)C. The monoisotopic (exact) mass is 272 g/mol. The third-order valence-electron chi connectivity index (χ3n) is 4.34. The molecule has 2 aliphatic heterocycles. The van der Waals surface area contributed by atoms with Gasteiger partial charge in [0, 0.05) is 18.8 Å². The van der Waals surface area contributed by atoms with Gasteiger partial charge in [0.05, 0.1) is 16.9 Å². The van der Waals surface area contributed by atoms with Gasteiger partial charge in [-0.05, 0) is 45.4 Å². The first-order chi connectivity index (χ1) is 9.39. The number of hydrogen-bond donors (Lipinski definition) is 1. The summed E-state index contributed by atoms with van der Waals surface area (Å²) in [5.41, 5.74) is 1.62. The molecule has 0 aliphatic carbocycles. The Hall–Kier alpha value is -1.17. The molecule has 20 heavy (non-hydrogen) atoms. The van der Waals surface area contributed by atoms with Crippen LogP contribution < -0.4 is 5.32 Å². The van der Waals surface area contributed by atoms with E-state index in [4.69, 9.17) is 9.31 Å². The van der Waals surface area contributed by atoms with Crippen LogP contribution in [0.25, 0.3) is 6.08 Å². The second-order valence-electron chi connectivity index (χ2n) is 6.42. The van der Waals surface area contributed by atoms with Crippen molar-refractivity contribution in [2.75, 3.05) is 6.54 Å². The summed E-state index contributed by atoms with van der Waals surface area (Å²) in [7, 11) is -0.318. The molecule has 3 heterocycles. The Balaban J connectivity index is 1.76. The Morgan fingerprint density at radius 2 is 1.95 bits per heavy atom. The van der Waals surface area contributed by atoms with Gasteiger partial charge in [0.2, 0.25) is 0 Å². The van der Waals surface area contributed by atoms with E-state index in [1.165, 1.54) is 5.56 Å². The van der Waals surface area contributed by atoms with E-state index in [2.05, 4.69) is 44.1 Å². The third kappa shape index (κ3) is 2.53. The lowest BCUT2D eigenvalue weighted by molar-refractivity contribution is 0.00578. The topological polar surface area (TPSA) is 53.3 Å². The van der Waals surface area contributed by atoms with E-state index in [0.29, 0.717) is 6.04 Å². The highest BCUT2D eigenvalue weighted by Gasteiger charge is 2.50. The van der Waals surface area contributed by atoms with Crippen molar-refractivity contribution in [3.8, 4) is 0 Å². The molecule has 2 fully saturated rings. The van der Waals surface area contributed by atoms with Crippen molar-refractivity contribution < 1.29 is 9.31 Å². The Kier molecular flexibility index (Phi) is 3.24. The van der Waals surface area contributed by atoms with Crippen molar-refractivity contribution in [1.29, 1.82) is 0 Å². The van der Waals surface area contributed by atoms with Crippen molar-refractivity contribution in [2.45, 2.75) is 44.9 Å². The Labute approximate surface area is 120 Å². The zero-order valence-corrected chi connectivity index (χ0v) is 12.5. The molecule has 1 N–H and O–H groups in total. The molecule has 1 aromatic rings. The van der Waals surface area contributed by atoms with E-state index >= 15 is 0 Å². The van der Waals surface area contributed by atoms with Crippen LogP contribution in [0.1, 0.15) is 45.0 Å². The molecule has 4 nitrogen and oxygen atoms in total. The molecule has 0 unspecified atom stereocenters. The Bertz CT molecular complexity index is 522. The van der Waals surface area contributed by atoms with Crippen LogP contribution in [0.4, 0.5) is 0 Å². The fraction of sp³-hybridized carbons (Fsp3) is 0.533. The molecule has 0 aromatic carbocycles. The maximum Gasteiger partial charge on any atom is 0.487 e. The largest absolute Gasteiger partial charge is 0.487 e. The van der Waals surface area contributed by atoms with Gasteiger partial charge in [-0.15, -0.1) is 0 Å². The summed E-state index contributed by atoms with van der Waals surface area (Å²) in [6.07, 6.45) is 3.81. The maximum atomic E-state index is 5.95. The van der Waals surface area contributed by atoms with Crippen LogP contribution in [0.3, 0.4) is 0 Å². The summed E-state index contributed by atoms with van der Waals surface area (Å²) in [6, 6.07) is 4.53. The average molecular weight is 272 g/mol. The molecule has 0 bridgehead atoms. The summed E-state index contributed by atoms with van der Waals surface area (Å²) >= 11 is 0. The van der Waals surface area contributed by atoms with Gasteiger partial charge in [0.15, 0.2) is 0 Å². The van der Waals surface area contributed by atoms with Crippen molar-refractivity contribution in [3.05, 3.63) is 35.6 Å². The minimum absolute atomic E-state index is 0.299. The lowest BCUT2D eigenvalue weighted by Gasteiger charge is -2.32. The second-order valence-corrected chi connectivity index (χ2v) is 6.42. The molecule has 3 rings (SSSR count). The van der Waals surface area contributed by atoms with Crippen LogP contribution in [-0.2, 0) is 9.31 Å². The van der Waals surface area contributed by atoms with Gasteiger partial charge in [-0.3, -0.25) is 4.98 Å². The average Bonchev–Trinajstić information content (AvgIpc) is 3.16. The van der Waals surface area contributed by atoms with Gasteiger partial charge in [-0.1, -0.05) is 12.0 Å². The quantitative estimate of drug-likeness (QED) is 0.678. The predicted molar refractivity (Wildman–Crippen MR) is 80.1 cm³/mol. The van der Waals surface area contributed by atoms with E-state index in [-0.39, 0.29) is 18.3 Å². The van der Waals surface area contributed by atoms with Crippen LogP contribution in [-0.4, -0.2) is 29.8 Å². The zero-order chi connectivity index (χ0) is 14.4. The minimum atomic E-state index is -0.318. The molecule has 2 aliphatic rings. The van der Waals surface area contributed by atoms with Crippen LogP contribution in [0.2, 0.25) is 0 Å². The molecule has 0 amide bonds. The minimum Gasteiger partial charge on any atom is -0.400 e. The van der Waals surface area contributed by atoms with Gasteiger partial charge in [-0.25, -0.2) is 0 Å². The predicted octanol–water partition coefficient (Wildman–Crippen LogP) is 2.37. The van der Waals surface area contributed by atoms with E-state index < -0.39 is 0 Å². The fourth-order valence-corrected chi connectivity index (χ4v) is 2.28. The van der Waals surface area contributed by atoms with Gasteiger partial charge in [0.1, 0.15) is 0 Å². The third-order valence-corrected chi connectivity index (χ3v) is 4.34. The van der Waals surface area contributed by atoms with Crippen molar-refractivity contribution in [1.82, 2.24) is 10.3 Å². The van der Waals surface area contributed by atoms with Crippen molar-refractivity contribution in [3.63, 3.8) is 0 Å². The highest BCUT2D eigenvalue weighted by Crippen LogP contribution is 2.37. The fourth-order valence-electron chi connectivity index (χ4n) is 2.28. The first kappa shape index (κ1) is 13.8. The standard InChI is InChI=1S/C15H21BN2O2/c1-14(2)15(3,4)20-16(19-14)8-7-12-11(13-10-18-13)6-5-9-17-12/h5-9,13,18H,10H2,1-4H3/b8-7+/t13-/m0/s1. The van der Waals surface area contributed by atoms with E-state index in [0.717, 1.165) is 12.2 Å². The van der Waals surface area contributed by atoms with E-state index in [1.54, 1.807) is 0 Å². The number of aromatic nitrogens is 1. The number of hydrogen-bond acceptors (Lipinski definition) is 4. The van der Waals surface area contributed by atoms with Gasteiger partial charge in [0.25, 0.3) is 0 Å². The molecular formula is C15H21BN2O2. The van der Waals surface area contributed by atoms with Crippen LogP contribution >= 0.6 is 0 Å². The van der Waals surface area contributed by atoms with Crippen LogP contribution in [0.15, 0.2) is 24.3 Å². The van der Waals surface area contributed by atoms with Crippen LogP contribution in [0.5, 0.6) is 0 Å². The van der Waals surface area contributed by atoms with Crippen molar-refractivity contribution >= 4 is 13.2 Å². The molecule has 0 spiro atoms. The number of rotatable bonds is 3. The first-order valence-electron chi connectivity index (χ1n) is 7.11. The normalized spacial score (nSPS) is 27.2. The van der Waals surface area contributed by atoms with E-state index in [9.17, 15) is 0 Å². The summed E-state index contributed by atoms with van der Waals surface area (Å²) in [5.74, 6) is 1.95. The van der Waals surface area contributed by atoms with Crippen molar-refractivity contribution in [2.24, 2.45) is 0 Å². The molecular weight excluding hydrogens is 251 g/mol. The number of nitrogens with one attached hydrogen (secondary N) is 1. The molecule has 0 saturated carbocycles. The van der Waals surface area contributed by atoms with Crippen LogP contribution in [0, 0.1) is 0 Å². The molecule has 2 saturated heterocycles. The molecule has 1 atom stereocenters. The molecule has 106 valence electrons. The molecule has 0 radical (unpaired) electrons. The Morgan fingerprint density at radius 1 is 1.30 bits per heavy atom. The summed E-state index contributed by atoms with van der Waals surface area (Å²) in [5, 5.41) is 3.31. The zero-order valence-electron chi connectivity index (χ0n) is 12.5. The van der Waals surface area contributed by atoms with Gasteiger partial charge < -0.3 is 14.6 Å². The number of pyridine rings is 1. The van der Waals surface area contributed by atoms with Gasteiger partial charge >= 0.3 is 7.12 Å². The summed E-state index contributed by atoms with van der Waals surface area (Å²) in [6.45, 7) is 9.26. The second kappa shape index (κ2) is 4.69. The summed E-state index contributed by atoms with van der Waals surface area (Å²) in [4.78, 5) is 4.44. The van der Waals surface area contributed by atoms with E-state index in [1.807, 2.05) is 24.3 Å². The molecule has 5 heteroatoms. The lowest BCUT2D eigenvalue weighted by atomic mass is 9.89. The first-order valence-corrected chi connectivity index (χ1v) is 7.11. The Morgan fingerprint density at radius 3 is 2.55 bits per heavy atom. The maximum absolute atomic E-state index is 5.95. The molecule has 1 aromatic heterocycles. The summed E-state index contributed by atoms with van der Waals surface area (Å²) < 4.78 is 11.9. The highest BCUT2D eigenvalue weighted by molar-refractivity contribution is 6.52. The lowest BCUT2D eigenvalue weighted by Crippen LogP contribution is -2.41. The van der Waals surface area contributed by atoms with Gasteiger partial charge in [-0.2, -0.15) is 0 Å².